The average molecular weight is 569 g/mol. The van der Waals surface area contributed by atoms with Gasteiger partial charge < -0.3 is 24.1 Å². The fourth-order valence-corrected chi connectivity index (χ4v) is 5.26. The third kappa shape index (κ3) is 5.42. The molecule has 0 radical (unpaired) electrons. The number of esters is 2. The third-order valence-corrected chi connectivity index (χ3v) is 7.84. The molecular weight excluding hydrogens is 532 g/mol. The Bertz CT molecular complexity index is 1600. The van der Waals surface area contributed by atoms with Crippen molar-refractivity contribution in [1.29, 1.82) is 0 Å². The number of methoxy groups -OCH3 is 2. The van der Waals surface area contributed by atoms with Crippen LogP contribution in [0.25, 0.3) is 0 Å². The molecule has 0 aromatic heterocycles. The van der Waals surface area contributed by atoms with Gasteiger partial charge in [-0.05, 0) is 74.9 Å². The minimum Gasteiger partial charge on any atom is -0.507 e. The van der Waals surface area contributed by atoms with Gasteiger partial charge in [-0.25, -0.2) is 9.59 Å². The number of ether oxygens (including phenoxy) is 4. The van der Waals surface area contributed by atoms with Crippen molar-refractivity contribution in [3.05, 3.63) is 116 Å². The molecule has 0 heterocycles. The zero-order valence-electron chi connectivity index (χ0n) is 25.2. The number of rotatable bonds is 8. The van der Waals surface area contributed by atoms with E-state index >= 15 is 0 Å². The Kier molecular flexibility index (Phi) is 8.90. The van der Waals surface area contributed by atoms with Crippen molar-refractivity contribution >= 4 is 11.9 Å². The second kappa shape index (κ2) is 12.4. The van der Waals surface area contributed by atoms with Crippen molar-refractivity contribution in [3.63, 3.8) is 0 Å². The van der Waals surface area contributed by atoms with Gasteiger partial charge >= 0.3 is 11.9 Å². The van der Waals surface area contributed by atoms with Gasteiger partial charge in [0.15, 0.2) is 6.10 Å². The predicted octanol–water partition coefficient (Wildman–Crippen LogP) is 7.43. The summed E-state index contributed by atoms with van der Waals surface area (Å²) in [6.45, 7) is 10.4. The number of hydrogen-bond acceptors (Lipinski definition) is 7. The van der Waals surface area contributed by atoms with E-state index in [1.54, 1.807) is 41.5 Å². The molecule has 0 unspecified atom stereocenters. The maximum absolute atomic E-state index is 13.8. The molecule has 4 rings (SSSR count). The van der Waals surface area contributed by atoms with Crippen LogP contribution in [0, 0.1) is 41.5 Å². The summed E-state index contributed by atoms with van der Waals surface area (Å²) in [5, 5.41) is 10.5. The van der Waals surface area contributed by atoms with E-state index in [0.717, 1.165) is 11.1 Å². The minimum atomic E-state index is -0.647. The van der Waals surface area contributed by atoms with Crippen molar-refractivity contribution in [1.82, 2.24) is 0 Å². The Labute approximate surface area is 246 Å². The summed E-state index contributed by atoms with van der Waals surface area (Å²) in [5.41, 5.74) is 5.32. The van der Waals surface area contributed by atoms with Crippen LogP contribution in [0.1, 0.15) is 71.3 Å². The van der Waals surface area contributed by atoms with E-state index < -0.39 is 18.0 Å². The van der Waals surface area contributed by atoms with E-state index in [0.29, 0.717) is 33.4 Å². The van der Waals surface area contributed by atoms with E-state index in [9.17, 15) is 14.7 Å². The summed E-state index contributed by atoms with van der Waals surface area (Å²) in [6, 6.07) is 19.1. The first kappa shape index (κ1) is 30.2. The number of aromatic hydroxyl groups is 1. The standard InChI is InChI=1S/C35H36O7/c1-19-21(3)29(36)23(5)31(39-7)27(19)34(37)41-30-22(4)20(2)28(32(40-8)24(30)6)35(38)42-33(25-15-11-9-12-16-25)26-17-13-10-14-18-26/h9-18,33,36H,1-8H3. The number of hydrogen-bond donors (Lipinski definition) is 1. The number of carbonyl (C=O) groups is 2. The van der Waals surface area contributed by atoms with Gasteiger partial charge in [0.05, 0.1) is 14.2 Å². The van der Waals surface area contributed by atoms with E-state index in [1.807, 2.05) is 60.7 Å². The zero-order valence-corrected chi connectivity index (χ0v) is 25.2. The van der Waals surface area contributed by atoms with E-state index in [4.69, 9.17) is 18.9 Å². The first-order valence-electron chi connectivity index (χ1n) is 13.6. The zero-order chi connectivity index (χ0) is 30.7. The second-order valence-electron chi connectivity index (χ2n) is 10.2. The summed E-state index contributed by atoms with van der Waals surface area (Å²) < 4.78 is 23.4. The van der Waals surface area contributed by atoms with E-state index in [-0.39, 0.29) is 34.1 Å². The smallest absolute Gasteiger partial charge is 0.347 e. The molecule has 0 atom stereocenters. The van der Waals surface area contributed by atoms with Crippen molar-refractivity contribution in [2.24, 2.45) is 0 Å². The first-order valence-corrected chi connectivity index (χ1v) is 13.6. The van der Waals surface area contributed by atoms with Gasteiger partial charge in [-0.3, -0.25) is 0 Å². The topological polar surface area (TPSA) is 91.3 Å². The first-order chi connectivity index (χ1) is 20.0. The lowest BCUT2D eigenvalue weighted by atomic mass is 9.95. The minimum absolute atomic E-state index is 0.0675. The van der Waals surface area contributed by atoms with Crippen molar-refractivity contribution in [2.45, 2.75) is 47.6 Å². The van der Waals surface area contributed by atoms with Crippen LogP contribution in [-0.2, 0) is 4.74 Å². The van der Waals surface area contributed by atoms with Crippen molar-refractivity contribution in [2.75, 3.05) is 14.2 Å². The van der Waals surface area contributed by atoms with E-state index in [1.165, 1.54) is 14.2 Å². The van der Waals surface area contributed by atoms with Crippen molar-refractivity contribution < 1.29 is 33.6 Å². The number of benzene rings is 4. The Morgan fingerprint density at radius 3 is 1.52 bits per heavy atom. The molecule has 42 heavy (non-hydrogen) atoms. The molecule has 0 aliphatic rings. The molecular formula is C35H36O7. The average Bonchev–Trinajstić information content (AvgIpc) is 3.00. The van der Waals surface area contributed by atoms with Crippen LogP contribution in [0.15, 0.2) is 60.7 Å². The van der Waals surface area contributed by atoms with E-state index in [2.05, 4.69) is 0 Å². The highest BCUT2D eigenvalue weighted by Crippen LogP contribution is 2.42. The lowest BCUT2D eigenvalue weighted by Gasteiger charge is -2.23. The summed E-state index contributed by atoms with van der Waals surface area (Å²) in [5.74, 6) is -0.364. The van der Waals surface area contributed by atoms with Gasteiger partial charge in [0.2, 0.25) is 0 Å². The summed E-state index contributed by atoms with van der Waals surface area (Å²) in [4.78, 5) is 27.5. The Morgan fingerprint density at radius 1 is 0.571 bits per heavy atom. The molecule has 4 aromatic carbocycles. The van der Waals surface area contributed by atoms with Crippen LogP contribution < -0.4 is 14.2 Å². The fourth-order valence-electron chi connectivity index (χ4n) is 5.26. The third-order valence-electron chi connectivity index (χ3n) is 7.84. The molecule has 7 heteroatoms. The number of phenolic OH excluding ortho intramolecular Hbond substituents is 1. The van der Waals surface area contributed by atoms with Crippen molar-refractivity contribution in [3.8, 4) is 23.0 Å². The van der Waals surface area contributed by atoms with Gasteiger partial charge in [-0.1, -0.05) is 60.7 Å². The molecule has 0 saturated heterocycles. The van der Waals surface area contributed by atoms with Gasteiger partial charge in [-0.2, -0.15) is 0 Å². The maximum atomic E-state index is 13.8. The molecule has 0 aliphatic heterocycles. The molecule has 0 fully saturated rings. The highest BCUT2D eigenvalue weighted by atomic mass is 16.6. The highest BCUT2D eigenvalue weighted by molar-refractivity contribution is 5.99. The molecule has 0 spiro atoms. The number of phenols is 1. The lowest BCUT2D eigenvalue weighted by Crippen LogP contribution is -2.18. The van der Waals surface area contributed by atoms with Gasteiger partial charge in [0.25, 0.3) is 0 Å². The van der Waals surface area contributed by atoms with Gasteiger partial charge in [0, 0.05) is 11.1 Å². The van der Waals surface area contributed by atoms with Crippen LogP contribution in [0.2, 0.25) is 0 Å². The molecule has 218 valence electrons. The second-order valence-corrected chi connectivity index (χ2v) is 10.2. The molecule has 0 saturated carbocycles. The largest absolute Gasteiger partial charge is 0.507 e. The van der Waals surface area contributed by atoms with Crippen LogP contribution >= 0.6 is 0 Å². The number of carbonyl (C=O) groups excluding carboxylic acids is 2. The van der Waals surface area contributed by atoms with Gasteiger partial charge in [-0.15, -0.1) is 0 Å². The molecule has 7 nitrogen and oxygen atoms in total. The molecule has 4 aromatic rings. The SMILES string of the molecule is COc1c(C)c(O)c(C)c(C)c1C(=O)Oc1c(C)c(C)c(C(=O)OC(c2ccccc2)c2ccccc2)c(OC)c1C. The van der Waals surface area contributed by atoms with Crippen LogP contribution in [-0.4, -0.2) is 31.3 Å². The van der Waals surface area contributed by atoms with Gasteiger partial charge in [0.1, 0.15) is 34.1 Å². The lowest BCUT2D eigenvalue weighted by molar-refractivity contribution is 0.0373. The summed E-state index contributed by atoms with van der Waals surface area (Å²) in [7, 11) is 2.90. The maximum Gasteiger partial charge on any atom is 0.347 e. The predicted molar refractivity (Wildman–Crippen MR) is 161 cm³/mol. The fraction of sp³-hybridized carbons (Fsp3) is 0.257. The highest BCUT2D eigenvalue weighted by Gasteiger charge is 2.31. The Morgan fingerprint density at radius 2 is 1.02 bits per heavy atom. The summed E-state index contributed by atoms with van der Waals surface area (Å²) >= 11 is 0. The van der Waals surface area contributed by atoms with Crippen LogP contribution in [0.5, 0.6) is 23.0 Å². The van der Waals surface area contributed by atoms with Crippen LogP contribution in [0.3, 0.4) is 0 Å². The molecule has 0 aliphatic carbocycles. The summed E-state index contributed by atoms with van der Waals surface area (Å²) in [6.07, 6.45) is -0.640. The Balaban J connectivity index is 1.77. The normalized spacial score (nSPS) is 10.9. The van der Waals surface area contributed by atoms with Crippen LogP contribution in [0.4, 0.5) is 0 Å². The Hall–Kier alpha value is -4.78. The quantitative estimate of drug-likeness (QED) is 0.175. The molecule has 1 N–H and O–H groups in total. The molecule has 0 bridgehead atoms. The molecule has 0 amide bonds. The monoisotopic (exact) mass is 568 g/mol.